The maximum absolute atomic E-state index is 13.3. The predicted molar refractivity (Wildman–Crippen MR) is 115 cm³/mol. The van der Waals surface area contributed by atoms with Gasteiger partial charge in [-0.1, -0.05) is 19.1 Å². The van der Waals surface area contributed by atoms with E-state index in [1.54, 1.807) is 12.4 Å². The molecule has 0 aliphatic carbocycles. The average molecular weight is 424 g/mol. The maximum Gasteiger partial charge on any atom is 0.254 e. The molecule has 3 heterocycles. The maximum atomic E-state index is 13.3. The highest BCUT2D eigenvalue weighted by Gasteiger charge is 2.42. The quantitative estimate of drug-likeness (QED) is 0.800. The first-order valence-electron chi connectivity index (χ1n) is 9.37. The Morgan fingerprint density at radius 2 is 2.11 bits per heavy atom. The molecule has 2 aromatic rings. The minimum Gasteiger partial charge on any atom is -0.490 e. The molecular weight excluding hydrogens is 397 g/mol. The molecule has 1 fully saturated rings. The van der Waals surface area contributed by atoms with Crippen LogP contribution in [0, 0.1) is 6.92 Å². The minimum absolute atomic E-state index is 0. The van der Waals surface area contributed by atoms with E-state index in [-0.39, 0.29) is 36.8 Å². The standard InChI is InChI=1S/C21H25N3O2.2ClH/c1-3-15-9-14(2)20-17(10-15)18-12-23-13-19(18)24(21(20)25)7-8-26-16-5-4-6-22-11-16;;/h4-6,9-11,18-19,23H,3,7-8,12-13H2,1-2H3;2*1H/t18-,19+;;/m1../s1. The molecule has 5 nitrogen and oxygen atoms in total. The van der Waals surface area contributed by atoms with Crippen LogP contribution in [-0.2, 0) is 6.42 Å². The van der Waals surface area contributed by atoms with E-state index in [0.29, 0.717) is 19.1 Å². The van der Waals surface area contributed by atoms with Crippen LogP contribution in [-0.4, -0.2) is 48.1 Å². The molecule has 0 radical (unpaired) electrons. The van der Waals surface area contributed by atoms with Crippen molar-refractivity contribution in [3.05, 3.63) is 58.9 Å². The van der Waals surface area contributed by atoms with Crippen molar-refractivity contribution in [2.45, 2.75) is 32.2 Å². The van der Waals surface area contributed by atoms with E-state index in [4.69, 9.17) is 4.74 Å². The third-order valence-electron chi connectivity index (χ3n) is 5.53. The topological polar surface area (TPSA) is 54.5 Å². The second kappa shape index (κ2) is 9.59. The lowest BCUT2D eigenvalue weighted by molar-refractivity contribution is 0.0613. The van der Waals surface area contributed by atoms with Gasteiger partial charge in [-0.05, 0) is 42.2 Å². The minimum atomic E-state index is 0. The molecule has 0 bridgehead atoms. The highest BCUT2D eigenvalue weighted by Crippen LogP contribution is 2.37. The number of nitrogens with zero attached hydrogens (tertiary/aromatic N) is 2. The van der Waals surface area contributed by atoms with Gasteiger partial charge < -0.3 is 15.0 Å². The van der Waals surface area contributed by atoms with Crippen molar-refractivity contribution in [1.82, 2.24) is 15.2 Å². The number of rotatable bonds is 5. The van der Waals surface area contributed by atoms with Crippen LogP contribution >= 0.6 is 24.8 Å². The van der Waals surface area contributed by atoms with E-state index in [9.17, 15) is 4.79 Å². The molecule has 2 aliphatic heterocycles. The fraction of sp³-hybridized carbons (Fsp3) is 0.429. The Labute approximate surface area is 178 Å². The lowest BCUT2D eigenvalue weighted by atomic mass is 9.81. The number of hydrogen-bond acceptors (Lipinski definition) is 4. The first kappa shape index (κ1) is 22.5. The molecule has 1 amide bonds. The molecule has 1 N–H and O–H groups in total. The number of ether oxygens (including phenoxy) is 1. The summed E-state index contributed by atoms with van der Waals surface area (Å²) in [5.41, 5.74) is 4.53. The van der Waals surface area contributed by atoms with Gasteiger partial charge in [0.2, 0.25) is 0 Å². The van der Waals surface area contributed by atoms with Crippen molar-refractivity contribution in [3.63, 3.8) is 0 Å². The summed E-state index contributed by atoms with van der Waals surface area (Å²) in [5.74, 6) is 1.24. The first-order chi connectivity index (χ1) is 12.7. The summed E-state index contributed by atoms with van der Waals surface area (Å²) in [7, 11) is 0. The van der Waals surface area contributed by atoms with Crippen LogP contribution in [0.1, 0.15) is 39.9 Å². The van der Waals surface area contributed by atoms with Crippen LogP contribution in [0.3, 0.4) is 0 Å². The Bertz CT molecular complexity index is 817. The van der Waals surface area contributed by atoms with E-state index in [0.717, 1.165) is 36.4 Å². The van der Waals surface area contributed by atoms with Gasteiger partial charge in [-0.2, -0.15) is 0 Å². The van der Waals surface area contributed by atoms with Gasteiger partial charge in [0, 0.05) is 30.8 Å². The number of halogens is 2. The third-order valence-corrected chi connectivity index (χ3v) is 5.53. The van der Waals surface area contributed by atoms with Crippen LogP contribution in [0.5, 0.6) is 5.75 Å². The van der Waals surface area contributed by atoms with Gasteiger partial charge in [0.05, 0.1) is 18.8 Å². The van der Waals surface area contributed by atoms with E-state index >= 15 is 0 Å². The van der Waals surface area contributed by atoms with E-state index in [2.05, 4.69) is 36.3 Å². The molecule has 4 rings (SSSR count). The molecule has 152 valence electrons. The summed E-state index contributed by atoms with van der Waals surface area (Å²) < 4.78 is 5.78. The molecule has 1 aromatic heterocycles. The van der Waals surface area contributed by atoms with Gasteiger partial charge in [0.15, 0.2) is 0 Å². The summed E-state index contributed by atoms with van der Waals surface area (Å²) >= 11 is 0. The van der Waals surface area contributed by atoms with Gasteiger partial charge in [-0.3, -0.25) is 9.78 Å². The Hall–Kier alpha value is -1.82. The molecule has 0 spiro atoms. The van der Waals surface area contributed by atoms with Gasteiger partial charge >= 0.3 is 0 Å². The molecule has 2 aliphatic rings. The smallest absolute Gasteiger partial charge is 0.254 e. The Morgan fingerprint density at radius 1 is 1.29 bits per heavy atom. The molecule has 0 unspecified atom stereocenters. The molecule has 28 heavy (non-hydrogen) atoms. The largest absolute Gasteiger partial charge is 0.490 e. The number of amides is 1. The number of benzene rings is 1. The summed E-state index contributed by atoms with van der Waals surface area (Å²) in [6.45, 7) is 7.06. The second-order valence-electron chi connectivity index (χ2n) is 7.10. The zero-order chi connectivity index (χ0) is 18.1. The zero-order valence-corrected chi connectivity index (χ0v) is 17.8. The van der Waals surface area contributed by atoms with Crippen LogP contribution in [0.25, 0.3) is 0 Å². The molecule has 7 heteroatoms. The Morgan fingerprint density at radius 3 is 2.82 bits per heavy atom. The predicted octanol–water partition coefficient (Wildman–Crippen LogP) is 3.39. The zero-order valence-electron chi connectivity index (χ0n) is 16.2. The average Bonchev–Trinajstić information content (AvgIpc) is 3.14. The van der Waals surface area contributed by atoms with Crippen LogP contribution < -0.4 is 10.1 Å². The monoisotopic (exact) mass is 423 g/mol. The third kappa shape index (κ3) is 4.12. The summed E-state index contributed by atoms with van der Waals surface area (Å²) in [6, 6.07) is 8.34. The number of aryl methyl sites for hydroxylation is 2. The van der Waals surface area contributed by atoms with Crippen LogP contribution in [0.4, 0.5) is 0 Å². The van der Waals surface area contributed by atoms with Gasteiger partial charge in [-0.15, -0.1) is 24.8 Å². The fourth-order valence-electron chi connectivity index (χ4n) is 4.25. The summed E-state index contributed by atoms with van der Waals surface area (Å²) in [6.07, 6.45) is 4.42. The molecule has 0 saturated carbocycles. The van der Waals surface area contributed by atoms with Crippen molar-refractivity contribution in [2.75, 3.05) is 26.2 Å². The SMILES string of the molecule is CCc1cc(C)c2c(c1)[C@H]1CNC[C@@H]1N(CCOc1cccnc1)C2=O.Cl.Cl. The highest BCUT2D eigenvalue weighted by molar-refractivity contribution is 5.99. The highest BCUT2D eigenvalue weighted by atomic mass is 35.5. The van der Waals surface area contributed by atoms with Crippen LogP contribution in [0.2, 0.25) is 0 Å². The number of nitrogens with one attached hydrogen (secondary N) is 1. The van der Waals surface area contributed by atoms with Crippen molar-refractivity contribution >= 4 is 30.7 Å². The van der Waals surface area contributed by atoms with Crippen molar-refractivity contribution in [2.24, 2.45) is 0 Å². The van der Waals surface area contributed by atoms with Gasteiger partial charge in [0.25, 0.3) is 5.91 Å². The number of aromatic nitrogens is 1. The van der Waals surface area contributed by atoms with Crippen molar-refractivity contribution in [1.29, 1.82) is 0 Å². The number of hydrogen-bond donors (Lipinski definition) is 1. The lowest BCUT2D eigenvalue weighted by Gasteiger charge is -2.39. The molecular formula is C21H27Cl2N3O2. The van der Waals surface area contributed by atoms with E-state index < -0.39 is 0 Å². The first-order valence-corrected chi connectivity index (χ1v) is 9.37. The van der Waals surface area contributed by atoms with Crippen LogP contribution in [0.15, 0.2) is 36.7 Å². The summed E-state index contributed by atoms with van der Waals surface area (Å²) in [5, 5.41) is 3.48. The van der Waals surface area contributed by atoms with Crippen molar-refractivity contribution in [3.8, 4) is 5.75 Å². The van der Waals surface area contributed by atoms with E-state index in [1.807, 2.05) is 17.0 Å². The van der Waals surface area contributed by atoms with Gasteiger partial charge in [0.1, 0.15) is 12.4 Å². The second-order valence-corrected chi connectivity index (χ2v) is 7.10. The summed E-state index contributed by atoms with van der Waals surface area (Å²) in [4.78, 5) is 19.3. The number of pyridine rings is 1. The lowest BCUT2D eigenvalue weighted by Crippen LogP contribution is -2.50. The molecule has 2 atom stereocenters. The van der Waals surface area contributed by atoms with Crippen molar-refractivity contribution < 1.29 is 9.53 Å². The fourth-order valence-corrected chi connectivity index (χ4v) is 4.25. The number of fused-ring (bicyclic) bond motifs is 3. The van der Waals surface area contributed by atoms with E-state index in [1.165, 1.54) is 11.1 Å². The molecule has 1 aromatic carbocycles. The number of carbonyl (C=O) groups is 1. The number of carbonyl (C=O) groups excluding carboxylic acids is 1. The Balaban J connectivity index is 0.00000140. The van der Waals surface area contributed by atoms with Gasteiger partial charge in [-0.25, -0.2) is 0 Å². The normalized spacial score (nSPS) is 19.9. The Kier molecular flexibility index (Phi) is 7.70. The molecule has 1 saturated heterocycles.